The van der Waals surface area contributed by atoms with Gasteiger partial charge < -0.3 is 24.1 Å². The molecule has 0 unspecified atom stereocenters. The zero-order valence-electron chi connectivity index (χ0n) is 13.9. The average Bonchev–Trinajstić information content (AvgIpc) is 3.11. The summed E-state index contributed by atoms with van der Waals surface area (Å²) in [5, 5.41) is 2.59. The molecule has 1 aromatic carbocycles. The monoisotopic (exact) mass is 332 g/mol. The van der Waals surface area contributed by atoms with Crippen LogP contribution >= 0.6 is 0 Å². The molecule has 2 rings (SSSR count). The predicted molar refractivity (Wildman–Crippen MR) is 87.1 cm³/mol. The molecule has 0 saturated heterocycles. The second-order valence-electron chi connectivity index (χ2n) is 5.08. The zero-order chi connectivity index (χ0) is 17.5. The lowest BCUT2D eigenvalue weighted by Crippen LogP contribution is -2.37. The summed E-state index contributed by atoms with van der Waals surface area (Å²) in [5.41, 5.74) is 0.383. The molecule has 0 bridgehead atoms. The molecule has 0 atom stereocenters. The minimum Gasteiger partial charge on any atom is -0.493 e. The fraction of sp³-hybridized carbons (Fsp3) is 0.294. The summed E-state index contributed by atoms with van der Waals surface area (Å²) >= 11 is 0. The van der Waals surface area contributed by atoms with Crippen molar-refractivity contribution in [2.24, 2.45) is 0 Å². The summed E-state index contributed by atoms with van der Waals surface area (Å²) in [6, 6.07) is 8.34. The van der Waals surface area contributed by atoms with Crippen molar-refractivity contribution < 1.29 is 23.5 Å². The molecule has 0 aliphatic heterocycles. The fourth-order valence-electron chi connectivity index (χ4n) is 2.09. The van der Waals surface area contributed by atoms with Crippen LogP contribution in [-0.4, -0.2) is 44.5 Å². The second kappa shape index (κ2) is 8.05. The number of benzene rings is 1. The van der Waals surface area contributed by atoms with Gasteiger partial charge in [-0.15, -0.1) is 0 Å². The highest BCUT2D eigenvalue weighted by Crippen LogP contribution is 2.27. The Morgan fingerprint density at radius 2 is 1.92 bits per heavy atom. The quantitative estimate of drug-likeness (QED) is 0.834. The van der Waals surface area contributed by atoms with Crippen LogP contribution < -0.4 is 14.8 Å². The maximum Gasteiger partial charge on any atom is 0.251 e. The van der Waals surface area contributed by atoms with Gasteiger partial charge in [0.05, 0.1) is 33.6 Å². The maximum atomic E-state index is 12.2. The Morgan fingerprint density at radius 1 is 1.17 bits per heavy atom. The van der Waals surface area contributed by atoms with E-state index in [1.165, 1.54) is 19.1 Å². The Kier molecular flexibility index (Phi) is 5.83. The highest BCUT2D eigenvalue weighted by molar-refractivity contribution is 5.97. The van der Waals surface area contributed by atoms with Crippen LogP contribution in [0.15, 0.2) is 41.0 Å². The molecule has 0 fully saturated rings. The highest BCUT2D eigenvalue weighted by Gasteiger charge is 2.14. The number of furan rings is 1. The van der Waals surface area contributed by atoms with E-state index < -0.39 is 0 Å². The summed E-state index contributed by atoms with van der Waals surface area (Å²) in [4.78, 5) is 25.7. The van der Waals surface area contributed by atoms with Gasteiger partial charge in [0.25, 0.3) is 5.91 Å². The summed E-state index contributed by atoms with van der Waals surface area (Å²) in [5.74, 6) is 1.07. The number of ether oxygens (including phenoxy) is 2. The van der Waals surface area contributed by atoms with Crippen molar-refractivity contribution in [3.05, 3.63) is 47.9 Å². The molecule has 0 spiro atoms. The van der Waals surface area contributed by atoms with Crippen molar-refractivity contribution in [3.8, 4) is 11.5 Å². The number of methoxy groups -OCH3 is 2. The van der Waals surface area contributed by atoms with Gasteiger partial charge in [0.2, 0.25) is 5.91 Å². The van der Waals surface area contributed by atoms with Gasteiger partial charge in [0.1, 0.15) is 5.76 Å². The average molecular weight is 332 g/mol. The molecule has 0 saturated carbocycles. The molecule has 128 valence electrons. The van der Waals surface area contributed by atoms with Gasteiger partial charge in [0.15, 0.2) is 11.5 Å². The van der Waals surface area contributed by atoms with E-state index >= 15 is 0 Å². The largest absolute Gasteiger partial charge is 0.493 e. The Hall–Kier alpha value is -2.96. The van der Waals surface area contributed by atoms with E-state index in [9.17, 15) is 9.59 Å². The normalized spacial score (nSPS) is 10.1. The maximum absolute atomic E-state index is 12.2. The van der Waals surface area contributed by atoms with E-state index in [2.05, 4.69) is 5.32 Å². The summed E-state index contributed by atoms with van der Waals surface area (Å²) in [6.45, 7) is 0.239. The van der Waals surface area contributed by atoms with Crippen LogP contribution in [0.25, 0.3) is 0 Å². The number of hydrogen-bond donors (Lipinski definition) is 1. The Labute approximate surface area is 140 Å². The third-order valence-corrected chi connectivity index (χ3v) is 3.44. The van der Waals surface area contributed by atoms with Gasteiger partial charge in [0, 0.05) is 12.6 Å². The Morgan fingerprint density at radius 3 is 2.54 bits per heavy atom. The molecule has 1 aromatic heterocycles. The molecule has 0 aliphatic rings. The highest BCUT2D eigenvalue weighted by atomic mass is 16.5. The van der Waals surface area contributed by atoms with E-state index in [-0.39, 0.29) is 18.4 Å². The van der Waals surface area contributed by atoms with Crippen LogP contribution in [0.3, 0.4) is 0 Å². The van der Waals surface area contributed by atoms with Gasteiger partial charge in [-0.1, -0.05) is 0 Å². The summed E-state index contributed by atoms with van der Waals surface area (Å²) in [7, 11) is 4.66. The van der Waals surface area contributed by atoms with E-state index in [0.29, 0.717) is 29.4 Å². The van der Waals surface area contributed by atoms with Crippen molar-refractivity contribution in [1.29, 1.82) is 0 Å². The van der Waals surface area contributed by atoms with Gasteiger partial charge in [-0.25, -0.2) is 0 Å². The lowest BCUT2D eigenvalue weighted by atomic mass is 10.2. The van der Waals surface area contributed by atoms with Gasteiger partial charge in [-0.05, 0) is 30.3 Å². The van der Waals surface area contributed by atoms with Crippen molar-refractivity contribution in [3.63, 3.8) is 0 Å². The third kappa shape index (κ3) is 4.28. The predicted octanol–water partition coefficient (Wildman–Crippen LogP) is 1.69. The molecule has 7 heteroatoms. The Balaban J connectivity index is 1.91. The first-order valence-electron chi connectivity index (χ1n) is 7.31. The van der Waals surface area contributed by atoms with Gasteiger partial charge >= 0.3 is 0 Å². The van der Waals surface area contributed by atoms with Gasteiger partial charge in [-0.2, -0.15) is 0 Å². The molecule has 2 aromatic rings. The number of amides is 2. The van der Waals surface area contributed by atoms with Gasteiger partial charge in [-0.3, -0.25) is 9.59 Å². The zero-order valence-corrected chi connectivity index (χ0v) is 13.9. The molecule has 1 heterocycles. The van der Waals surface area contributed by atoms with Crippen LogP contribution in [0, 0.1) is 0 Å². The first-order chi connectivity index (χ1) is 11.5. The molecule has 1 N–H and O–H groups in total. The molecule has 2 amide bonds. The number of carbonyl (C=O) groups is 2. The van der Waals surface area contributed by atoms with Crippen LogP contribution in [0.4, 0.5) is 0 Å². The SMILES string of the molecule is COc1ccc(C(=O)NCC(=O)N(C)Cc2ccco2)cc1OC. The van der Waals surface area contributed by atoms with Crippen molar-refractivity contribution in [1.82, 2.24) is 10.2 Å². The first kappa shape index (κ1) is 17.4. The van der Waals surface area contributed by atoms with E-state index in [0.717, 1.165) is 0 Å². The number of hydrogen-bond acceptors (Lipinski definition) is 5. The minimum absolute atomic E-state index is 0.107. The van der Waals surface area contributed by atoms with Crippen molar-refractivity contribution >= 4 is 11.8 Å². The van der Waals surface area contributed by atoms with Crippen LogP contribution in [-0.2, 0) is 11.3 Å². The molecule has 7 nitrogen and oxygen atoms in total. The van der Waals surface area contributed by atoms with Crippen molar-refractivity contribution in [2.45, 2.75) is 6.54 Å². The third-order valence-electron chi connectivity index (χ3n) is 3.44. The van der Waals surface area contributed by atoms with Crippen LogP contribution in [0.2, 0.25) is 0 Å². The van der Waals surface area contributed by atoms with E-state index in [1.807, 2.05) is 0 Å². The standard InChI is InChI=1S/C17H20N2O5/c1-19(11-13-5-4-8-24-13)16(20)10-18-17(21)12-6-7-14(22-2)15(9-12)23-3/h4-9H,10-11H2,1-3H3,(H,18,21). The fourth-order valence-corrected chi connectivity index (χ4v) is 2.09. The lowest BCUT2D eigenvalue weighted by Gasteiger charge is -2.16. The molecular formula is C17H20N2O5. The summed E-state index contributed by atoms with van der Waals surface area (Å²) < 4.78 is 15.5. The lowest BCUT2D eigenvalue weighted by molar-refractivity contribution is -0.129. The molecule has 0 aliphatic carbocycles. The first-order valence-corrected chi connectivity index (χ1v) is 7.31. The smallest absolute Gasteiger partial charge is 0.251 e. The van der Waals surface area contributed by atoms with E-state index in [1.54, 1.807) is 43.6 Å². The van der Waals surface area contributed by atoms with Crippen molar-refractivity contribution in [2.75, 3.05) is 27.8 Å². The molecular weight excluding hydrogens is 312 g/mol. The summed E-state index contributed by atoms with van der Waals surface area (Å²) in [6.07, 6.45) is 1.55. The number of likely N-dealkylation sites (N-methyl/N-ethyl adjacent to an activating group) is 1. The van der Waals surface area contributed by atoms with Crippen LogP contribution in [0.1, 0.15) is 16.1 Å². The molecule has 0 radical (unpaired) electrons. The topological polar surface area (TPSA) is 81.0 Å². The number of nitrogens with zero attached hydrogens (tertiary/aromatic N) is 1. The number of rotatable bonds is 7. The number of carbonyl (C=O) groups excluding carboxylic acids is 2. The Bertz CT molecular complexity index is 697. The minimum atomic E-state index is -0.365. The van der Waals surface area contributed by atoms with Crippen LogP contribution in [0.5, 0.6) is 11.5 Å². The van der Waals surface area contributed by atoms with E-state index in [4.69, 9.17) is 13.9 Å². The molecule has 24 heavy (non-hydrogen) atoms. The number of nitrogens with one attached hydrogen (secondary N) is 1. The second-order valence-corrected chi connectivity index (χ2v) is 5.08.